The van der Waals surface area contributed by atoms with Gasteiger partial charge in [-0.2, -0.15) is 4.98 Å². The largest absolute Gasteiger partial charge is 0.478 e. The predicted molar refractivity (Wildman–Crippen MR) is 71.2 cm³/mol. The zero-order valence-electron chi connectivity index (χ0n) is 10.1. The molecule has 0 bridgehead atoms. The first-order valence-electron chi connectivity index (χ1n) is 5.34. The van der Waals surface area contributed by atoms with Crippen LogP contribution in [0.3, 0.4) is 0 Å². The van der Waals surface area contributed by atoms with Gasteiger partial charge in [-0.05, 0) is 35.9 Å². The van der Waals surface area contributed by atoms with Crippen LogP contribution in [-0.2, 0) is 10.0 Å². The van der Waals surface area contributed by atoms with Crippen LogP contribution in [0.25, 0.3) is 0 Å². The van der Waals surface area contributed by atoms with E-state index in [2.05, 4.69) is 9.97 Å². The molecule has 2 N–H and O–H groups in total. The van der Waals surface area contributed by atoms with Crippen molar-refractivity contribution in [2.45, 2.75) is 4.90 Å². The van der Waals surface area contributed by atoms with Crippen LogP contribution in [0.15, 0.2) is 35.4 Å². The van der Waals surface area contributed by atoms with E-state index in [4.69, 9.17) is 16.7 Å². The summed E-state index contributed by atoms with van der Waals surface area (Å²) in [5.41, 5.74) is -0.364. The number of nitrogens with one attached hydrogen (secondary N) is 1. The Labute approximate surface area is 123 Å². The Morgan fingerprint density at radius 1 is 1.33 bits per heavy atom. The molecule has 0 spiro atoms. The summed E-state index contributed by atoms with van der Waals surface area (Å²) in [4.78, 5) is 17.2. The highest BCUT2D eigenvalue weighted by molar-refractivity contribution is 7.92. The molecule has 1 heterocycles. The average molecular weight is 332 g/mol. The SMILES string of the molecule is O=C(O)c1ccc(S(=O)(=O)Nc2ccnc(Cl)n2)c(F)c1. The van der Waals surface area contributed by atoms with Crippen molar-refractivity contribution >= 4 is 33.4 Å². The van der Waals surface area contributed by atoms with Crippen LogP contribution < -0.4 is 4.72 Å². The molecule has 0 aliphatic carbocycles. The summed E-state index contributed by atoms with van der Waals surface area (Å²) in [6.45, 7) is 0. The van der Waals surface area contributed by atoms with Gasteiger partial charge < -0.3 is 5.11 Å². The predicted octanol–water partition coefficient (Wildman–Crippen LogP) is 1.77. The molecule has 0 saturated heterocycles. The van der Waals surface area contributed by atoms with Gasteiger partial charge in [0, 0.05) is 6.20 Å². The van der Waals surface area contributed by atoms with Gasteiger partial charge in [-0.3, -0.25) is 4.72 Å². The molecule has 0 amide bonds. The Kier molecular flexibility index (Phi) is 4.05. The number of benzene rings is 1. The molecule has 0 unspecified atom stereocenters. The van der Waals surface area contributed by atoms with Gasteiger partial charge in [-0.1, -0.05) is 0 Å². The Morgan fingerprint density at radius 3 is 2.62 bits per heavy atom. The lowest BCUT2D eigenvalue weighted by atomic mass is 10.2. The van der Waals surface area contributed by atoms with E-state index in [-0.39, 0.29) is 16.7 Å². The van der Waals surface area contributed by atoms with E-state index in [9.17, 15) is 17.6 Å². The van der Waals surface area contributed by atoms with Crippen LogP contribution in [0.2, 0.25) is 5.28 Å². The van der Waals surface area contributed by atoms with Crippen molar-refractivity contribution in [3.8, 4) is 0 Å². The van der Waals surface area contributed by atoms with Crippen molar-refractivity contribution < 1.29 is 22.7 Å². The first-order valence-corrected chi connectivity index (χ1v) is 7.20. The molecule has 0 aliphatic heterocycles. The number of hydrogen-bond acceptors (Lipinski definition) is 5. The van der Waals surface area contributed by atoms with Crippen LogP contribution in [0.1, 0.15) is 10.4 Å². The molecule has 2 aromatic rings. The number of hydrogen-bond donors (Lipinski definition) is 2. The van der Waals surface area contributed by atoms with Crippen molar-refractivity contribution in [1.29, 1.82) is 0 Å². The van der Waals surface area contributed by atoms with Gasteiger partial charge >= 0.3 is 5.97 Å². The van der Waals surface area contributed by atoms with Gasteiger partial charge in [0.1, 0.15) is 16.5 Å². The minimum Gasteiger partial charge on any atom is -0.478 e. The maximum absolute atomic E-state index is 13.7. The number of anilines is 1. The van der Waals surface area contributed by atoms with Crippen LogP contribution in [0, 0.1) is 5.82 Å². The molecule has 21 heavy (non-hydrogen) atoms. The molecular formula is C11H7ClFN3O4S. The molecule has 0 radical (unpaired) electrons. The van der Waals surface area contributed by atoms with Gasteiger partial charge in [0.15, 0.2) is 0 Å². The maximum Gasteiger partial charge on any atom is 0.335 e. The van der Waals surface area contributed by atoms with E-state index in [1.54, 1.807) is 0 Å². The molecule has 0 fully saturated rings. The highest BCUT2D eigenvalue weighted by Crippen LogP contribution is 2.19. The maximum atomic E-state index is 13.7. The molecule has 1 aromatic heterocycles. The molecule has 7 nitrogen and oxygen atoms in total. The first-order chi connectivity index (χ1) is 9.79. The fourth-order valence-corrected chi connectivity index (χ4v) is 2.65. The summed E-state index contributed by atoms with van der Waals surface area (Å²) in [7, 11) is -4.27. The van der Waals surface area contributed by atoms with Gasteiger partial charge in [0.2, 0.25) is 5.28 Å². The molecule has 2 rings (SSSR count). The molecule has 1 aromatic carbocycles. The third-order valence-corrected chi connectivity index (χ3v) is 3.90. The number of carboxylic acids is 1. The minimum atomic E-state index is -4.27. The molecule has 0 saturated carbocycles. The number of aromatic carboxylic acids is 1. The van der Waals surface area contributed by atoms with E-state index in [1.807, 2.05) is 4.72 Å². The number of nitrogens with zero attached hydrogens (tertiary/aromatic N) is 2. The van der Waals surface area contributed by atoms with Gasteiger partial charge in [0.25, 0.3) is 10.0 Å². The number of carboxylic acid groups (broad SMARTS) is 1. The van der Waals surface area contributed by atoms with Crippen LogP contribution in [0.5, 0.6) is 0 Å². The van der Waals surface area contributed by atoms with Gasteiger partial charge in [-0.25, -0.2) is 22.6 Å². The molecule has 110 valence electrons. The third-order valence-electron chi connectivity index (χ3n) is 2.33. The molecule has 0 aliphatic rings. The van der Waals surface area contributed by atoms with Crippen molar-refractivity contribution in [2.24, 2.45) is 0 Å². The second kappa shape index (κ2) is 5.62. The first kappa shape index (κ1) is 15.1. The zero-order valence-corrected chi connectivity index (χ0v) is 11.7. The quantitative estimate of drug-likeness (QED) is 0.826. The standard InChI is InChI=1S/C11H7ClFN3O4S/c12-11-14-4-3-9(15-11)16-21(19,20)8-2-1-6(10(17)18)5-7(8)13/h1-5H,(H,17,18)(H,14,15,16). The summed E-state index contributed by atoms with van der Waals surface area (Å²) in [5.74, 6) is -2.70. The summed E-state index contributed by atoms with van der Waals surface area (Å²) in [6, 6.07) is 3.67. The number of rotatable bonds is 4. The van der Waals surface area contributed by atoms with E-state index in [0.717, 1.165) is 12.1 Å². The Morgan fingerprint density at radius 2 is 2.05 bits per heavy atom. The van der Waals surface area contributed by atoms with Crippen molar-refractivity contribution in [2.75, 3.05) is 4.72 Å². The summed E-state index contributed by atoms with van der Waals surface area (Å²) in [6.07, 6.45) is 1.22. The van der Waals surface area contributed by atoms with Crippen LogP contribution >= 0.6 is 11.6 Å². The van der Waals surface area contributed by atoms with Crippen molar-refractivity contribution in [3.05, 3.63) is 47.1 Å². The number of halogens is 2. The highest BCUT2D eigenvalue weighted by Gasteiger charge is 2.21. The van der Waals surface area contributed by atoms with E-state index in [0.29, 0.717) is 6.07 Å². The summed E-state index contributed by atoms with van der Waals surface area (Å²) in [5, 5.41) is 8.52. The zero-order chi connectivity index (χ0) is 15.6. The van der Waals surface area contributed by atoms with Crippen molar-refractivity contribution in [1.82, 2.24) is 9.97 Å². The van der Waals surface area contributed by atoms with Gasteiger partial charge in [0.05, 0.1) is 5.56 Å². The average Bonchev–Trinajstić information content (AvgIpc) is 2.37. The lowest BCUT2D eigenvalue weighted by molar-refractivity contribution is 0.0696. The third kappa shape index (κ3) is 3.44. The fourth-order valence-electron chi connectivity index (χ4n) is 1.44. The number of aromatic nitrogens is 2. The second-order valence-electron chi connectivity index (χ2n) is 3.77. The monoisotopic (exact) mass is 331 g/mol. The lowest BCUT2D eigenvalue weighted by Crippen LogP contribution is -2.16. The highest BCUT2D eigenvalue weighted by atomic mass is 35.5. The van der Waals surface area contributed by atoms with Gasteiger partial charge in [-0.15, -0.1) is 0 Å². The lowest BCUT2D eigenvalue weighted by Gasteiger charge is -2.08. The topological polar surface area (TPSA) is 109 Å². The fraction of sp³-hybridized carbons (Fsp3) is 0. The van der Waals surface area contributed by atoms with Crippen LogP contribution in [-0.4, -0.2) is 29.5 Å². The molecular weight excluding hydrogens is 325 g/mol. The van der Waals surface area contributed by atoms with E-state index >= 15 is 0 Å². The Bertz CT molecular complexity index is 813. The van der Waals surface area contributed by atoms with E-state index < -0.39 is 26.7 Å². The summed E-state index contributed by atoms with van der Waals surface area (Å²) < 4.78 is 39.8. The Balaban J connectivity index is 2.38. The van der Waals surface area contributed by atoms with E-state index in [1.165, 1.54) is 12.3 Å². The normalized spacial score (nSPS) is 11.1. The molecule has 0 atom stereocenters. The number of sulfonamides is 1. The van der Waals surface area contributed by atoms with Crippen molar-refractivity contribution in [3.63, 3.8) is 0 Å². The molecule has 10 heteroatoms. The smallest absolute Gasteiger partial charge is 0.335 e. The minimum absolute atomic E-state index is 0.142. The number of carbonyl (C=O) groups is 1. The second-order valence-corrected chi connectivity index (χ2v) is 5.76. The summed E-state index contributed by atoms with van der Waals surface area (Å²) >= 11 is 5.51. The Hall–Kier alpha value is -2.26. The van der Waals surface area contributed by atoms with Crippen LogP contribution in [0.4, 0.5) is 10.2 Å².